The molecule has 0 bridgehead atoms. The highest BCUT2D eigenvalue weighted by atomic mass is 16.6. The fourth-order valence-electron chi connectivity index (χ4n) is 4.35. The molecule has 1 fully saturated rings. The molecule has 0 saturated carbocycles. The van der Waals surface area contributed by atoms with Crippen molar-refractivity contribution in [2.24, 2.45) is 0 Å². The highest BCUT2D eigenvalue weighted by Crippen LogP contribution is 2.45. The Morgan fingerprint density at radius 1 is 1.19 bits per heavy atom. The van der Waals surface area contributed by atoms with E-state index in [0.29, 0.717) is 54.9 Å². The molecule has 32 heavy (non-hydrogen) atoms. The van der Waals surface area contributed by atoms with E-state index in [1.807, 2.05) is 23.1 Å². The molecule has 2 atom stereocenters. The third kappa shape index (κ3) is 4.55. The van der Waals surface area contributed by atoms with Gasteiger partial charge in [-0.05, 0) is 24.6 Å². The zero-order valence-electron chi connectivity index (χ0n) is 18.7. The van der Waals surface area contributed by atoms with E-state index < -0.39 is 5.92 Å². The average Bonchev–Trinajstić information content (AvgIpc) is 2.81. The van der Waals surface area contributed by atoms with Gasteiger partial charge in [0.1, 0.15) is 30.5 Å². The zero-order valence-corrected chi connectivity index (χ0v) is 18.7. The van der Waals surface area contributed by atoms with Crippen molar-refractivity contribution < 1.29 is 28.8 Å². The van der Waals surface area contributed by atoms with Crippen LogP contribution in [0.3, 0.4) is 0 Å². The van der Waals surface area contributed by atoms with Crippen LogP contribution in [-0.4, -0.2) is 69.0 Å². The molecule has 1 saturated heterocycles. The van der Waals surface area contributed by atoms with Crippen molar-refractivity contribution in [3.05, 3.63) is 41.5 Å². The van der Waals surface area contributed by atoms with Crippen LogP contribution in [0.15, 0.2) is 30.3 Å². The third-order valence-electron chi connectivity index (χ3n) is 5.97. The topological polar surface area (TPSA) is 89.5 Å². The molecule has 2 aromatic carbocycles. The van der Waals surface area contributed by atoms with Crippen LogP contribution >= 0.6 is 0 Å². The number of rotatable bonds is 6. The number of aromatic hydroxyl groups is 1. The molecule has 0 spiro atoms. The lowest BCUT2D eigenvalue weighted by Gasteiger charge is -2.33. The van der Waals surface area contributed by atoms with E-state index in [0.717, 1.165) is 12.1 Å². The van der Waals surface area contributed by atoms with Crippen molar-refractivity contribution in [3.63, 3.8) is 0 Å². The van der Waals surface area contributed by atoms with Gasteiger partial charge in [0.2, 0.25) is 5.91 Å². The van der Waals surface area contributed by atoms with Crippen molar-refractivity contribution in [3.8, 4) is 28.7 Å². The monoisotopic (exact) mass is 442 g/mol. The molecule has 2 unspecified atom stereocenters. The van der Waals surface area contributed by atoms with E-state index in [2.05, 4.69) is 12.2 Å². The molecule has 1 amide bonds. The minimum absolute atomic E-state index is 0.0163. The Hall–Kier alpha value is -3.13. The Kier molecular flexibility index (Phi) is 6.60. The molecule has 2 aliphatic rings. The number of methoxy groups -OCH3 is 2. The summed E-state index contributed by atoms with van der Waals surface area (Å²) in [6.07, 6.45) is 0.183. The summed E-state index contributed by atoms with van der Waals surface area (Å²) in [6, 6.07) is 9.15. The van der Waals surface area contributed by atoms with E-state index >= 15 is 0 Å². The van der Waals surface area contributed by atoms with Gasteiger partial charge < -0.3 is 34.3 Å². The van der Waals surface area contributed by atoms with Gasteiger partial charge in [-0.15, -0.1) is 0 Å². The molecule has 172 valence electrons. The number of benzene rings is 2. The van der Waals surface area contributed by atoms with Crippen molar-refractivity contribution >= 4 is 5.91 Å². The minimum Gasteiger partial charge on any atom is -0.507 e. The van der Waals surface area contributed by atoms with Gasteiger partial charge in [0.25, 0.3) is 0 Å². The first-order valence-corrected chi connectivity index (χ1v) is 10.9. The summed E-state index contributed by atoms with van der Waals surface area (Å²) in [5.74, 6) is 1.85. The Bertz CT molecular complexity index is 979. The third-order valence-corrected chi connectivity index (χ3v) is 5.97. The van der Waals surface area contributed by atoms with E-state index in [4.69, 9.17) is 18.9 Å². The number of ether oxygens (including phenoxy) is 4. The maximum atomic E-state index is 13.3. The first kappa shape index (κ1) is 22.1. The van der Waals surface area contributed by atoms with Crippen molar-refractivity contribution in [2.75, 3.05) is 47.1 Å². The number of nitrogens with one attached hydrogen (secondary N) is 1. The fraction of sp³-hybridized carbons (Fsp3) is 0.458. The Morgan fingerprint density at radius 3 is 2.69 bits per heavy atom. The van der Waals surface area contributed by atoms with Crippen LogP contribution in [0.4, 0.5) is 0 Å². The van der Waals surface area contributed by atoms with E-state index in [1.165, 1.54) is 7.11 Å². The van der Waals surface area contributed by atoms with Crippen LogP contribution in [-0.2, 0) is 4.79 Å². The number of phenols is 1. The lowest BCUT2D eigenvalue weighted by Crippen LogP contribution is -2.51. The largest absolute Gasteiger partial charge is 0.507 e. The van der Waals surface area contributed by atoms with Crippen LogP contribution in [0.5, 0.6) is 28.7 Å². The maximum Gasteiger partial charge on any atom is 0.223 e. The molecule has 4 rings (SSSR count). The molecule has 2 N–H and O–H groups in total. The SMILES string of the molecule is COc1cc(O)c(C(CC(=O)N2CCNC(C)C2)c2ccc3c(c2)OCCO3)c(OC)c1. The standard InChI is InChI=1S/C24H30N2O6/c1-15-14-26(7-6-25-15)23(28)13-18(16-4-5-20-21(10-16)32-9-8-31-20)24-19(27)11-17(29-2)12-22(24)30-3/h4-5,10-12,15,18,25,27H,6-9,13-14H2,1-3H3. The van der Waals surface area contributed by atoms with Crippen molar-refractivity contribution in [2.45, 2.75) is 25.3 Å². The molecule has 0 radical (unpaired) electrons. The second-order valence-electron chi connectivity index (χ2n) is 8.12. The first-order chi connectivity index (χ1) is 15.5. The number of fused-ring (bicyclic) bond motifs is 1. The first-order valence-electron chi connectivity index (χ1n) is 10.9. The molecule has 2 aromatic rings. The minimum atomic E-state index is -0.440. The Labute approximate surface area is 188 Å². The summed E-state index contributed by atoms with van der Waals surface area (Å²) in [5.41, 5.74) is 1.38. The number of amides is 1. The number of carbonyl (C=O) groups is 1. The van der Waals surface area contributed by atoms with Crippen LogP contribution in [0.1, 0.15) is 30.4 Å². The van der Waals surface area contributed by atoms with Crippen LogP contribution in [0.2, 0.25) is 0 Å². The molecule has 8 heteroatoms. The van der Waals surface area contributed by atoms with Gasteiger partial charge in [-0.25, -0.2) is 0 Å². The summed E-state index contributed by atoms with van der Waals surface area (Å²) in [6.45, 7) is 5.11. The molecule has 2 aliphatic heterocycles. The second kappa shape index (κ2) is 9.56. The highest BCUT2D eigenvalue weighted by molar-refractivity contribution is 5.78. The lowest BCUT2D eigenvalue weighted by atomic mass is 9.86. The summed E-state index contributed by atoms with van der Waals surface area (Å²) in [5, 5.41) is 14.3. The van der Waals surface area contributed by atoms with Crippen molar-refractivity contribution in [1.29, 1.82) is 0 Å². The molecular weight excluding hydrogens is 412 g/mol. The second-order valence-corrected chi connectivity index (χ2v) is 8.12. The molecule has 2 heterocycles. The van der Waals surface area contributed by atoms with E-state index in [-0.39, 0.29) is 24.1 Å². The summed E-state index contributed by atoms with van der Waals surface area (Å²) < 4.78 is 22.3. The maximum absolute atomic E-state index is 13.3. The Balaban J connectivity index is 1.74. The quantitative estimate of drug-likeness (QED) is 0.711. The van der Waals surface area contributed by atoms with E-state index in [1.54, 1.807) is 19.2 Å². The number of carbonyl (C=O) groups excluding carboxylic acids is 1. The van der Waals surface area contributed by atoms with Crippen molar-refractivity contribution in [1.82, 2.24) is 10.2 Å². The number of phenolic OH excluding ortho intramolecular Hbond substituents is 1. The van der Waals surface area contributed by atoms with Gasteiger partial charge in [0, 0.05) is 55.7 Å². The van der Waals surface area contributed by atoms with Gasteiger partial charge in [-0.3, -0.25) is 4.79 Å². The summed E-state index contributed by atoms with van der Waals surface area (Å²) >= 11 is 0. The Morgan fingerprint density at radius 2 is 1.97 bits per heavy atom. The normalized spacial score (nSPS) is 18.7. The van der Waals surface area contributed by atoms with Gasteiger partial charge in [0.15, 0.2) is 11.5 Å². The van der Waals surface area contributed by atoms with Gasteiger partial charge in [-0.1, -0.05) is 6.07 Å². The van der Waals surface area contributed by atoms with Gasteiger partial charge in [-0.2, -0.15) is 0 Å². The molecule has 0 aromatic heterocycles. The average molecular weight is 443 g/mol. The number of nitrogens with zero attached hydrogens (tertiary/aromatic N) is 1. The van der Waals surface area contributed by atoms with Gasteiger partial charge in [0.05, 0.1) is 14.2 Å². The van der Waals surface area contributed by atoms with E-state index in [9.17, 15) is 9.90 Å². The number of hydrogen-bond acceptors (Lipinski definition) is 7. The molecule has 8 nitrogen and oxygen atoms in total. The lowest BCUT2D eigenvalue weighted by molar-refractivity contribution is -0.132. The number of hydrogen-bond donors (Lipinski definition) is 2. The summed E-state index contributed by atoms with van der Waals surface area (Å²) in [4.78, 5) is 15.2. The number of piperazine rings is 1. The predicted molar refractivity (Wildman–Crippen MR) is 119 cm³/mol. The zero-order chi connectivity index (χ0) is 22.7. The molecular formula is C24H30N2O6. The van der Waals surface area contributed by atoms with Crippen LogP contribution < -0.4 is 24.3 Å². The predicted octanol–water partition coefficient (Wildman–Crippen LogP) is 2.52. The van der Waals surface area contributed by atoms with Gasteiger partial charge >= 0.3 is 0 Å². The smallest absolute Gasteiger partial charge is 0.223 e. The molecule has 0 aliphatic carbocycles. The van der Waals surface area contributed by atoms with Crippen LogP contribution in [0, 0.1) is 0 Å². The summed E-state index contributed by atoms with van der Waals surface area (Å²) in [7, 11) is 3.07. The van der Waals surface area contributed by atoms with Crippen LogP contribution in [0.25, 0.3) is 0 Å². The fourth-order valence-corrected chi connectivity index (χ4v) is 4.35. The highest BCUT2D eigenvalue weighted by Gasteiger charge is 2.30.